The van der Waals surface area contributed by atoms with Crippen molar-refractivity contribution >= 4 is 24.9 Å². The summed E-state index contributed by atoms with van der Waals surface area (Å²) in [7, 11) is -5.13. The first-order valence-electron chi connectivity index (χ1n) is 3.46. The second kappa shape index (κ2) is 3.38. The molecule has 6 N–H and O–H groups in total. The maximum atomic E-state index is 10.3. The van der Waals surface area contributed by atoms with Crippen molar-refractivity contribution in [3.8, 4) is 5.75 Å². The van der Waals surface area contributed by atoms with Crippen molar-refractivity contribution in [3.05, 3.63) is 12.1 Å². The summed E-state index contributed by atoms with van der Waals surface area (Å²) >= 11 is 0. The number of phosphoric ester groups is 1. The highest BCUT2D eigenvalue weighted by Gasteiger charge is 2.07. The molecule has 1 rings (SSSR count). The fourth-order valence-electron chi connectivity index (χ4n) is 0.833. The van der Waals surface area contributed by atoms with E-state index in [9.17, 15) is 14.4 Å². The van der Waals surface area contributed by atoms with Crippen LogP contribution in [0.4, 0.5) is 17.1 Å². The van der Waals surface area contributed by atoms with Gasteiger partial charge in [0.2, 0.25) is 0 Å². The Balaban J connectivity index is 3.12. The molecule has 78 valence electrons. The largest absolute Gasteiger partial charge is 0.780 e. The molecule has 0 unspecified atom stereocenters. The number of benzene rings is 1. The van der Waals surface area contributed by atoms with Crippen LogP contribution in [0.15, 0.2) is 12.1 Å². The number of rotatable bonds is 2. The van der Waals surface area contributed by atoms with E-state index in [1.807, 2.05) is 0 Å². The fraction of sp³-hybridized carbons (Fsp3) is 0. The van der Waals surface area contributed by atoms with Crippen LogP contribution in [-0.4, -0.2) is 0 Å². The van der Waals surface area contributed by atoms with E-state index < -0.39 is 7.82 Å². The topological polar surface area (TPSA) is 150 Å². The molecule has 0 fully saturated rings. The predicted octanol–water partition coefficient (Wildman–Crippen LogP) is -1.36. The second-order valence-electron chi connectivity index (χ2n) is 2.52. The summed E-state index contributed by atoms with van der Waals surface area (Å²) in [4.78, 5) is 20.5. The lowest BCUT2D eigenvalue weighted by Crippen LogP contribution is -2.19. The van der Waals surface area contributed by atoms with E-state index in [1.165, 1.54) is 6.07 Å². The molecule has 8 heteroatoms. The highest BCUT2D eigenvalue weighted by atomic mass is 31.2. The van der Waals surface area contributed by atoms with Crippen LogP contribution >= 0.6 is 7.82 Å². The SMILES string of the molecule is Nc1ccc(OP(=O)([O-])[O-])c(N)c1N. The molecule has 0 bridgehead atoms. The lowest BCUT2D eigenvalue weighted by atomic mass is 10.2. The summed E-state index contributed by atoms with van der Waals surface area (Å²) in [5.74, 6) is -0.315. The van der Waals surface area contributed by atoms with Crippen LogP contribution in [0.5, 0.6) is 5.75 Å². The standard InChI is InChI=1S/C6H10N3O4P/c7-3-1-2-4(6(9)5(3)8)13-14(10,11)12/h1-2H,7-9H2,(H2,10,11,12)/p-2. The van der Waals surface area contributed by atoms with Gasteiger partial charge in [0.15, 0.2) is 0 Å². The van der Waals surface area contributed by atoms with Gasteiger partial charge in [0.1, 0.15) is 13.6 Å². The first-order valence-corrected chi connectivity index (χ1v) is 4.92. The van der Waals surface area contributed by atoms with Crippen LogP contribution in [0.3, 0.4) is 0 Å². The van der Waals surface area contributed by atoms with E-state index in [-0.39, 0.29) is 22.8 Å². The summed E-state index contributed by atoms with van der Waals surface area (Å²) in [5, 5.41) is 0. The van der Waals surface area contributed by atoms with E-state index in [0.717, 1.165) is 6.07 Å². The van der Waals surface area contributed by atoms with E-state index in [1.54, 1.807) is 0 Å². The summed E-state index contributed by atoms with van der Waals surface area (Å²) in [6.45, 7) is 0. The molecule has 1 aromatic carbocycles. The van der Waals surface area contributed by atoms with Crippen LogP contribution in [0.1, 0.15) is 0 Å². The molecule has 0 aliphatic heterocycles. The van der Waals surface area contributed by atoms with Gasteiger partial charge in [0.25, 0.3) is 0 Å². The Bertz CT molecular complexity index is 402. The van der Waals surface area contributed by atoms with Gasteiger partial charge in [0.05, 0.1) is 17.1 Å². The van der Waals surface area contributed by atoms with Gasteiger partial charge in [0, 0.05) is 0 Å². The van der Waals surface area contributed by atoms with Crippen molar-refractivity contribution in [1.82, 2.24) is 0 Å². The van der Waals surface area contributed by atoms with Gasteiger partial charge in [-0.15, -0.1) is 0 Å². The van der Waals surface area contributed by atoms with Gasteiger partial charge in [-0.2, -0.15) is 0 Å². The third kappa shape index (κ3) is 2.29. The zero-order chi connectivity index (χ0) is 10.9. The summed E-state index contributed by atoms with van der Waals surface area (Å²) < 4.78 is 14.3. The Morgan fingerprint density at radius 3 is 2.21 bits per heavy atom. The molecule has 0 saturated carbocycles. The summed E-state index contributed by atoms with van der Waals surface area (Å²) in [6.07, 6.45) is 0. The van der Waals surface area contributed by atoms with Crippen molar-refractivity contribution in [2.45, 2.75) is 0 Å². The summed E-state index contributed by atoms with van der Waals surface area (Å²) in [5.41, 5.74) is 16.1. The van der Waals surface area contributed by atoms with Crippen LogP contribution < -0.4 is 31.5 Å². The smallest absolute Gasteiger partial charge is 0.149 e. The molecule has 0 aliphatic rings. The fourth-order valence-corrected chi connectivity index (χ4v) is 1.23. The Morgan fingerprint density at radius 2 is 1.71 bits per heavy atom. The van der Waals surface area contributed by atoms with E-state index in [0.29, 0.717) is 0 Å². The monoisotopic (exact) mass is 217 g/mol. The number of nitrogens with two attached hydrogens (primary N) is 3. The van der Waals surface area contributed by atoms with Gasteiger partial charge in [-0.1, -0.05) is 0 Å². The van der Waals surface area contributed by atoms with Crippen molar-refractivity contribution in [2.75, 3.05) is 17.2 Å². The molecule has 7 nitrogen and oxygen atoms in total. The Labute approximate surface area is 79.7 Å². The Hall–Kier alpha value is -1.43. The molecule has 14 heavy (non-hydrogen) atoms. The number of nitrogen functional groups attached to an aromatic ring is 3. The highest BCUT2D eigenvalue weighted by Crippen LogP contribution is 2.38. The molecule has 1 aromatic rings. The number of hydrogen-bond donors (Lipinski definition) is 3. The quantitative estimate of drug-likeness (QED) is 0.408. The molecular weight excluding hydrogens is 209 g/mol. The number of phosphoric acid groups is 1. The molecular formula is C6H8N3O4P-2. The predicted molar refractivity (Wildman–Crippen MR) is 47.9 cm³/mol. The normalized spacial score (nSPS) is 11.3. The van der Waals surface area contributed by atoms with E-state index in [2.05, 4.69) is 4.52 Å². The average Bonchev–Trinajstić information content (AvgIpc) is 2.04. The molecule has 0 atom stereocenters. The van der Waals surface area contributed by atoms with Gasteiger partial charge < -0.3 is 36.1 Å². The molecule has 0 heterocycles. The van der Waals surface area contributed by atoms with Gasteiger partial charge in [-0.05, 0) is 12.1 Å². The Morgan fingerprint density at radius 1 is 1.14 bits per heavy atom. The number of hydrogen-bond acceptors (Lipinski definition) is 7. The molecule has 0 saturated heterocycles. The van der Waals surface area contributed by atoms with Crippen LogP contribution in [0.25, 0.3) is 0 Å². The first-order chi connectivity index (χ1) is 6.31. The van der Waals surface area contributed by atoms with Crippen molar-refractivity contribution in [2.24, 2.45) is 0 Å². The van der Waals surface area contributed by atoms with Gasteiger partial charge in [-0.25, -0.2) is 0 Å². The minimum Gasteiger partial charge on any atom is -0.780 e. The lowest BCUT2D eigenvalue weighted by molar-refractivity contribution is -0.333. The van der Waals surface area contributed by atoms with Crippen molar-refractivity contribution < 1.29 is 18.9 Å². The lowest BCUT2D eigenvalue weighted by Gasteiger charge is -2.29. The average molecular weight is 217 g/mol. The van der Waals surface area contributed by atoms with Crippen LogP contribution in [0, 0.1) is 0 Å². The molecule has 0 amide bonds. The van der Waals surface area contributed by atoms with E-state index >= 15 is 0 Å². The minimum atomic E-state index is -5.13. The zero-order valence-electron chi connectivity index (χ0n) is 6.97. The Kier molecular flexibility index (Phi) is 2.57. The van der Waals surface area contributed by atoms with Crippen LogP contribution in [0.2, 0.25) is 0 Å². The summed E-state index contributed by atoms with van der Waals surface area (Å²) in [6, 6.07) is 2.44. The van der Waals surface area contributed by atoms with E-state index in [4.69, 9.17) is 17.2 Å². The van der Waals surface area contributed by atoms with Crippen molar-refractivity contribution in [1.29, 1.82) is 0 Å². The first kappa shape index (κ1) is 10.6. The number of anilines is 3. The maximum Gasteiger partial charge on any atom is 0.149 e. The van der Waals surface area contributed by atoms with Crippen molar-refractivity contribution in [3.63, 3.8) is 0 Å². The maximum absolute atomic E-state index is 10.3. The highest BCUT2D eigenvalue weighted by molar-refractivity contribution is 7.43. The second-order valence-corrected chi connectivity index (χ2v) is 3.60. The third-order valence-corrected chi connectivity index (χ3v) is 1.91. The van der Waals surface area contributed by atoms with Gasteiger partial charge >= 0.3 is 0 Å². The van der Waals surface area contributed by atoms with Crippen LogP contribution in [-0.2, 0) is 4.57 Å². The molecule has 0 radical (unpaired) electrons. The molecule has 0 aromatic heterocycles. The molecule has 0 spiro atoms. The minimum absolute atomic E-state index is 0.0176. The van der Waals surface area contributed by atoms with Gasteiger partial charge in [-0.3, -0.25) is 0 Å². The third-order valence-electron chi connectivity index (χ3n) is 1.49. The zero-order valence-corrected chi connectivity index (χ0v) is 7.86. The molecule has 0 aliphatic carbocycles.